The van der Waals surface area contributed by atoms with Crippen LogP contribution >= 0.6 is 0 Å². The van der Waals surface area contributed by atoms with Gasteiger partial charge in [-0.3, -0.25) is 4.79 Å². The molecule has 2 aromatic rings. The van der Waals surface area contributed by atoms with E-state index in [4.69, 9.17) is 9.84 Å². The molecule has 0 saturated carbocycles. The van der Waals surface area contributed by atoms with E-state index in [1.165, 1.54) is 12.1 Å². The number of rotatable bonds is 6. The number of carboxylic acids is 1. The Balaban J connectivity index is 1.98. The summed E-state index contributed by atoms with van der Waals surface area (Å²) in [6.07, 6.45) is 0. The number of para-hydroxylation sites is 1. The third-order valence-electron chi connectivity index (χ3n) is 3.29. The summed E-state index contributed by atoms with van der Waals surface area (Å²) >= 11 is 0. The standard InChI is InChI=1S/C18H19NO4/c1-12(2)15-8-3-4-9-16(15)23-11-17(20)19-14-7-5-6-13(10-14)18(21)22/h3-10,12H,11H2,1-2H3,(H,19,20)(H,21,22). The van der Waals surface area contributed by atoms with Crippen LogP contribution in [0.1, 0.15) is 35.7 Å². The van der Waals surface area contributed by atoms with Crippen molar-refractivity contribution in [2.24, 2.45) is 0 Å². The molecule has 0 aromatic heterocycles. The van der Waals surface area contributed by atoms with Crippen molar-refractivity contribution in [2.45, 2.75) is 19.8 Å². The number of carboxylic acid groups (broad SMARTS) is 1. The van der Waals surface area contributed by atoms with Crippen molar-refractivity contribution >= 4 is 17.6 Å². The number of amides is 1. The van der Waals surface area contributed by atoms with Gasteiger partial charge in [0.1, 0.15) is 5.75 Å². The normalized spacial score (nSPS) is 10.4. The molecule has 0 aliphatic carbocycles. The minimum atomic E-state index is -1.04. The van der Waals surface area contributed by atoms with Gasteiger partial charge < -0.3 is 15.2 Å². The Morgan fingerprint density at radius 2 is 1.87 bits per heavy atom. The Kier molecular flexibility index (Phi) is 5.36. The smallest absolute Gasteiger partial charge is 0.335 e. The Morgan fingerprint density at radius 3 is 2.57 bits per heavy atom. The van der Waals surface area contributed by atoms with Crippen LogP contribution in [0.15, 0.2) is 48.5 Å². The molecule has 0 aliphatic heterocycles. The summed E-state index contributed by atoms with van der Waals surface area (Å²) in [6, 6.07) is 13.7. The monoisotopic (exact) mass is 313 g/mol. The quantitative estimate of drug-likeness (QED) is 0.855. The van der Waals surface area contributed by atoms with Crippen LogP contribution in [0.4, 0.5) is 5.69 Å². The molecule has 0 fully saturated rings. The molecule has 0 heterocycles. The molecule has 0 unspecified atom stereocenters. The molecule has 5 nitrogen and oxygen atoms in total. The third-order valence-corrected chi connectivity index (χ3v) is 3.29. The number of hydrogen-bond acceptors (Lipinski definition) is 3. The zero-order chi connectivity index (χ0) is 16.8. The minimum Gasteiger partial charge on any atom is -0.483 e. The molecule has 0 saturated heterocycles. The minimum absolute atomic E-state index is 0.119. The molecule has 5 heteroatoms. The lowest BCUT2D eigenvalue weighted by molar-refractivity contribution is -0.118. The average Bonchev–Trinajstić information content (AvgIpc) is 2.53. The lowest BCUT2D eigenvalue weighted by atomic mass is 10.0. The number of anilines is 1. The Bertz CT molecular complexity index is 710. The van der Waals surface area contributed by atoms with Crippen molar-refractivity contribution in [3.05, 3.63) is 59.7 Å². The number of carbonyl (C=O) groups is 2. The Hall–Kier alpha value is -2.82. The Morgan fingerprint density at radius 1 is 1.13 bits per heavy atom. The van der Waals surface area contributed by atoms with E-state index in [2.05, 4.69) is 19.2 Å². The second-order valence-corrected chi connectivity index (χ2v) is 5.42. The summed E-state index contributed by atoms with van der Waals surface area (Å²) < 4.78 is 5.58. The summed E-state index contributed by atoms with van der Waals surface area (Å²) in [5, 5.41) is 11.6. The lowest BCUT2D eigenvalue weighted by Crippen LogP contribution is -2.20. The van der Waals surface area contributed by atoms with Gasteiger partial charge in [0.25, 0.3) is 5.91 Å². The van der Waals surface area contributed by atoms with E-state index in [1.54, 1.807) is 12.1 Å². The number of hydrogen-bond donors (Lipinski definition) is 2. The molecule has 2 rings (SSSR count). The van der Waals surface area contributed by atoms with Crippen molar-refractivity contribution in [1.29, 1.82) is 0 Å². The van der Waals surface area contributed by atoms with Crippen LogP contribution in [0.3, 0.4) is 0 Å². The van der Waals surface area contributed by atoms with Gasteiger partial charge in [0, 0.05) is 5.69 Å². The predicted molar refractivity (Wildman–Crippen MR) is 88.1 cm³/mol. The van der Waals surface area contributed by atoms with E-state index in [9.17, 15) is 9.59 Å². The largest absolute Gasteiger partial charge is 0.483 e. The zero-order valence-corrected chi connectivity index (χ0v) is 13.1. The molecule has 120 valence electrons. The van der Waals surface area contributed by atoms with E-state index in [-0.39, 0.29) is 18.1 Å². The first-order chi connectivity index (χ1) is 11.0. The summed E-state index contributed by atoms with van der Waals surface area (Å²) in [4.78, 5) is 22.9. The van der Waals surface area contributed by atoms with Crippen molar-refractivity contribution in [3.8, 4) is 5.75 Å². The summed E-state index contributed by atoms with van der Waals surface area (Å²) in [6.45, 7) is 3.97. The van der Waals surface area contributed by atoms with E-state index in [0.29, 0.717) is 17.4 Å². The number of ether oxygens (including phenoxy) is 1. The highest BCUT2D eigenvalue weighted by Crippen LogP contribution is 2.25. The van der Waals surface area contributed by atoms with Crippen molar-refractivity contribution in [3.63, 3.8) is 0 Å². The fourth-order valence-corrected chi connectivity index (χ4v) is 2.16. The molecule has 23 heavy (non-hydrogen) atoms. The van der Waals surface area contributed by atoms with Gasteiger partial charge in [-0.25, -0.2) is 4.79 Å². The van der Waals surface area contributed by atoms with Gasteiger partial charge in [-0.05, 0) is 35.7 Å². The molecule has 0 bridgehead atoms. The van der Waals surface area contributed by atoms with Crippen LogP contribution in [-0.2, 0) is 4.79 Å². The molecular formula is C18H19NO4. The van der Waals surface area contributed by atoms with Gasteiger partial charge in [0.05, 0.1) is 5.56 Å². The highest BCUT2D eigenvalue weighted by molar-refractivity contribution is 5.94. The highest BCUT2D eigenvalue weighted by atomic mass is 16.5. The second kappa shape index (κ2) is 7.45. The molecule has 2 N–H and O–H groups in total. The van der Waals surface area contributed by atoms with Crippen LogP contribution in [0.5, 0.6) is 5.75 Å². The maximum absolute atomic E-state index is 12.0. The maximum atomic E-state index is 12.0. The first kappa shape index (κ1) is 16.5. The maximum Gasteiger partial charge on any atom is 0.335 e. The van der Waals surface area contributed by atoms with E-state index in [0.717, 1.165) is 5.56 Å². The number of aromatic carboxylic acids is 1. The topological polar surface area (TPSA) is 75.6 Å². The first-order valence-electron chi connectivity index (χ1n) is 7.32. The van der Waals surface area contributed by atoms with Gasteiger partial charge in [-0.1, -0.05) is 38.1 Å². The van der Waals surface area contributed by atoms with Gasteiger partial charge in [-0.2, -0.15) is 0 Å². The van der Waals surface area contributed by atoms with E-state index in [1.807, 2.05) is 24.3 Å². The fraction of sp³-hybridized carbons (Fsp3) is 0.222. The number of carbonyl (C=O) groups excluding carboxylic acids is 1. The number of nitrogens with one attached hydrogen (secondary N) is 1. The molecule has 2 aromatic carbocycles. The van der Waals surface area contributed by atoms with Crippen LogP contribution in [0.2, 0.25) is 0 Å². The zero-order valence-electron chi connectivity index (χ0n) is 13.1. The highest BCUT2D eigenvalue weighted by Gasteiger charge is 2.10. The molecular weight excluding hydrogens is 294 g/mol. The van der Waals surface area contributed by atoms with Gasteiger partial charge in [0.15, 0.2) is 6.61 Å². The van der Waals surface area contributed by atoms with Crippen molar-refractivity contribution in [1.82, 2.24) is 0 Å². The van der Waals surface area contributed by atoms with Crippen LogP contribution in [-0.4, -0.2) is 23.6 Å². The Labute approximate surface area is 134 Å². The third kappa shape index (κ3) is 4.57. The molecule has 0 atom stereocenters. The molecule has 1 amide bonds. The van der Waals surface area contributed by atoms with Gasteiger partial charge >= 0.3 is 5.97 Å². The SMILES string of the molecule is CC(C)c1ccccc1OCC(=O)Nc1cccc(C(=O)O)c1. The van der Waals surface area contributed by atoms with Gasteiger partial charge in [0.2, 0.25) is 0 Å². The molecule has 0 aliphatic rings. The van der Waals surface area contributed by atoms with Crippen LogP contribution in [0, 0.1) is 0 Å². The summed E-state index contributed by atoms with van der Waals surface area (Å²) in [7, 11) is 0. The van der Waals surface area contributed by atoms with E-state index >= 15 is 0 Å². The van der Waals surface area contributed by atoms with Gasteiger partial charge in [-0.15, -0.1) is 0 Å². The predicted octanol–water partition coefficient (Wildman–Crippen LogP) is 3.53. The summed E-state index contributed by atoms with van der Waals surface area (Å²) in [5.41, 5.74) is 1.58. The first-order valence-corrected chi connectivity index (χ1v) is 7.32. The van der Waals surface area contributed by atoms with Crippen LogP contribution in [0.25, 0.3) is 0 Å². The van der Waals surface area contributed by atoms with E-state index < -0.39 is 5.97 Å². The summed E-state index contributed by atoms with van der Waals surface area (Å²) in [5.74, 6) is -0.409. The lowest BCUT2D eigenvalue weighted by Gasteiger charge is -2.13. The van der Waals surface area contributed by atoms with Crippen LogP contribution < -0.4 is 10.1 Å². The van der Waals surface area contributed by atoms with Crippen molar-refractivity contribution < 1.29 is 19.4 Å². The number of benzene rings is 2. The second-order valence-electron chi connectivity index (χ2n) is 5.42. The molecule has 0 radical (unpaired) electrons. The molecule has 0 spiro atoms. The van der Waals surface area contributed by atoms with Crippen molar-refractivity contribution in [2.75, 3.05) is 11.9 Å². The average molecular weight is 313 g/mol. The fourth-order valence-electron chi connectivity index (χ4n) is 2.16.